The molecule has 94 valence electrons. The van der Waals surface area contributed by atoms with Gasteiger partial charge in [0.15, 0.2) is 5.82 Å². The second-order valence-corrected chi connectivity index (χ2v) is 4.00. The quantitative estimate of drug-likeness (QED) is 0.773. The van der Waals surface area contributed by atoms with Gasteiger partial charge >= 0.3 is 0 Å². The minimum Gasteiger partial charge on any atom is -0.376 e. The van der Waals surface area contributed by atoms with Crippen LogP contribution in [-0.2, 0) is 6.54 Å². The van der Waals surface area contributed by atoms with E-state index in [1.54, 1.807) is 23.3 Å². The normalized spacial score (nSPS) is 10.3. The first kappa shape index (κ1) is 11.4. The van der Waals surface area contributed by atoms with Crippen LogP contribution in [0, 0.1) is 0 Å². The Morgan fingerprint density at radius 1 is 0.947 bits per heavy atom. The summed E-state index contributed by atoms with van der Waals surface area (Å²) in [4.78, 5) is 8.63. The molecule has 0 bridgehead atoms. The molecule has 0 spiro atoms. The van der Waals surface area contributed by atoms with E-state index < -0.39 is 0 Å². The Balaban J connectivity index is 1.82. The molecule has 0 aliphatic heterocycles. The smallest absolute Gasteiger partial charge is 0.176 e. The molecule has 0 atom stereocenters. The van der Waals surface area contributed by atoms with E-state index in [1.165, 1.54) is 0 Å². The summed E-state index contributed by atoms with van der Waals surface area (Å²) in [5, 5.41) is 7.53. The van der Waals surface area contributed by atoms with Crippen molar-refractivity contribution in [2.24, 2.45) is 0 Å². The summed E-state index contributed by atoms with van der Waals surface area (Å²) in [6.45, 7) is 0.654. The molecule has 0 saturated carbocycles. The maximum absolute atomic E-state index is 4.35. The SMILES string of the molecule is c1ccc(CNc2cccnc2-n2cccn2)nc1. The lowest BCUT2D eigenvalue weighted by Gasteiger charge is -2.10. The van der Waals surface area contributed by atoms with Crippen LogP contribution >= 0.6 is 0 Å². The van der Waals surface area contributed by atoms with E-state index in [0.717, 1.165) is 17.2 Å². The van der Waals surface area contributed by atoms with E-state index in [2.05, 4.69) is 20.4 Å². The fourth-order valence-electron chi connectivity index (χ4n) is 1.80. The minimum absolute atomic E-state index is 0.654. The van der Waals surface area contributed by atoms with Crippen molar-refractivity contribution in [2.75, 3.05) is 5.32 Å². The Morgan fingerprint density at radius 3 is 2.68 bits per heavy atom. The molecule has 19 heavy (non-hydrogen) atoms. The highest BCUT2D eigenvalue weighted by Gasteiger charge is 2.05. The zero-order valence-electron chi connectivity index (χ0n) is 10.3. The van der Waals surface area contributed by atoms with Crippen LogP contribution in [-0.4, -0.2) is 19.7 Å². The summed E-state index contributed by atoms with van der Waals surface area (Å²) in [5.41, 5.74) is 1.91. The molecule has 0 aliphatic carbocycles. The first-order chi connectivity index (χ1) is 9.43. The molecular weight excluding hydrogens is 238 g/mol. The maximum Gasteiger partial charge on any atom is 0.176 e. The third-order valence-corrected chi connectivity index (χ3v) is 2.69. The molecule has 0 fully saturated rings. The van der Waals surface area contributed by atoms with Gasteiger partial charge in [-0.15, -0.1) is 0 Å². The van der Waals surface area contributed by atoms with Gasteiger partial charge in [-0.25, -0.2) is 9.67 Å². The van der Waals surface area contributed by atoms with Gasteiger partial charge in [0, 0.05) is 24.8 Å². The van der Waals surface area contributed by atoms with Gasteiger partial charge in [0.1, 0.15) is 0 Å². The van der Waals surface area contributed by atoms with Crippen molar-refractivity contribution >= 4 is 5.69 Å². The van der Waals surface area contributed by atoms with Gasteiger partial charge in [-0.3, -0.25) is 4.98 Å². The van der Waals surface area contributed by atoms with Gasteiger partial charge in [0.2, 0.25) is 0 Å². The molecule has 0 unspecified atom stereocenters. The summed E-state index contributed by atoms with van der Waals surface area (Å²) in [5.74, 6) is 0.781. The second-order valence-electron chi connectivity index (χ2n) is 4.00. The van der Waals surface area contributed by atoms with Crippen molar-refractivity contribution in [3.8, 4) is 5.82 Å². The van der Waals surface area contributed by atoms with Gasteiger partial charge in [0.25, 0.3) is 0 Å². The van der Waals surface area contributed by atoms with Crippen molar-refractivity contribution in [2.45, 2.75) is 6.54 Å². The van der Waals surface area contributed by atoms with Crippen LogP contribution in [0.25, 0.3) is 5.82 Å². The van der Waals surface area contributed by atoms with Gasteiger partial charge in [-0.2, -0.15) is 5.10 Å². The molecule has 5 nitrogen and oxygen atoms in total. The van der Waals surface area contributed by atoms with Gasteiger partial charge < -0.3 is 5.32 Å². The van der Waals surface area contributed by atoms with E-state index in [0.29, 0.717) is 6.54 Å². The average Bonchev–Trinajstić information content (AvgIpc) is 3.01. The monoisotopic (exact) mass is 251 g/mol. The zero-order valence-corrected chi connectivity index (χ0v) is 10.3. The predicted octanol–water partition coefficient (Wildman–Crippen LogP) is 2.27. The predicted molar refractivity (Wildman–Crippen MR) is 72.9 cm³/mol. The number of nitrogens with zero attached hydrogens (tertiary/aromatic N) is 4. The average molecular weight is 251 g/mol. The number of rotatable bonds is 4. The van der Waals surface area contributed by atoms with E-state index >= 15 is 0 Å². The molecular formula is C14H13N5. The Hall–Kier alpha value is -2.69. The largest absolute Gasteiger partial charge is 0.376 e. The number of anilines is 1. The van der Waals surface area contributed by atoms with Gasteiger partial charge in [0.05, 0.1) is 17.9 Å². The molecule has 0 amide bonds. The van der Waals surface area contributed by atoms with Crippen LogP contribution in [0.5, 0.6) is 0 Å². The molecule has 3 aromatic rings. The van der Waals surface area contributed by atoms with Crippen molar-refractivity contribution in [3.63, 3.8) is 0 Å². The highest BCUT2D eigenvalue weighted by atomic mass is 15.3. The van der Waals surface area contributed by atoms with Crippen LogP contribution in [0.15, 0.2) is 61.2 Å². The molecule has 3 heterocycles. The molecule has 0 saturated heterocycles. The molecule has 0 radical (unpaired) electrons. The Morgan fingerprint density at radius 2 is 1.89 bits per heavy atom. The van der Waals surface area contributed by atoms with Crippen LogP contribution < -0.4 is 5.32 Å². The zero-order chi connectivity index (χ0) is 12.9. The molecule has 0 aliphatic rings. The number of hydrogen-bond acceptors (Lipinski definition) is 4. The van der Waals surface area contributed by atoms with E-state index in [-0.39, 0.29) is 0 Å². The standard InChI is InChI=1S/C14H13N5/c1-2-7-15-12(5-1)11-17-13-6-3-8-16-14(13)19-10-4-9-18-19/h1-10,17H,11H2. The second kappa shape index (κ2) is 5.30. The lowest BCUT2D eigenvalue weighted by Crippen LogP contribution is -2.07. The number of nitrogens with one attached hydrogen (secondary N) is 1. The first-order valence-electron chi connectivity index (χ1n) is 6.02. The Labute approximate surface area is 111 Å². The summed E-state index contributed by atoms with van der Waals surface area (Å²) >= 11 is 0. The molecule has 0 aromatic carbocycles. The first-order valence-corrected chi connectivity index (χ1v) is 6.02. The van der Waals surface area contributed by atoms with Crippen molar-refractivity contribution in [1.82, 2.24) is 19.7 Å². The van der Waals surface area contributed by atoms with Crippen LogP contribution in [0.4, 0.5) is 5.69 Å². The van der Waals surface area contributed by atoms with Gasteiger partial charge in [-0.1, -0.05) is 6.07 Å². The Kier molecular flexibility index (Phi) is 3.18. The third-order valence-electron chi connectivity index (χ3n) is 2.69. The van der Waals surface area contributed by atoms with E-state index in [9.17, 15) is 0 Å². The third kappa shape index (κ3) is 2.60. The highest BCUT2D eigenvalue weighted by molar-refractivity contribution is 5.56. The van der Waals surface area contributed by atoms with E-state index in [1.807, 2.05) is 42.6 Å². The van der Waals surface area contributed by atoms with E-state index in [4.69, 9.17) is 0 Å². The summed E-state index contributed by atoms with van der Waals surface area (Å²) in [6, 6.07) is 11.6. The summed E-state index contributed by atoms with van der Waals surface area (Å²) < 4.78 is 1.74. The fourth-order valence-corrected chi connectivity index (χ4v) is 1.80. The van der Waals surface area contributed by atoms with Crippen LogP contribution in [0.3, 0.4) is 0 Å². The fraction of sp³-hybridized carbons (Fsp3) is 0.0714. The molecule has 5 heteroatoms. The number of aromatic nitrogens is 4. The van der Waals surface area contributed by atoms with Crippen molar-refractivity contribution in [3.05, 3.63) is 66.9 Å². The van der Waals surface area contributed by atoms with Crippen molar-refractivity contribution in [1.29, 1.82) is 0 Å². The van der Waals surface area contributed by atoms with Crippen LogP contribution in [0.2, 0.25) is 0 Å². The lowest BCUT2D eigenvalue weighted by molar-refractivity contribution is 0.845. The molecule has 3 rings (SSSR count). The highest BCUT2D eigenvalue weighted by Crippen LogP contribution is 2.16. The maximum atomic E-state index is 4.35. The Bertz CT molecular complexity index is 634. The number of hydrogen-bond donors (Lipinski definition) is 1. The summed E-state index contributed by atoms with van der Waals surface area (Å²) in [7, 11) is 0. The molecule has 3 aromatic heterocycles. The topological polar surface area (TPSA) is 55.6 Å². The lowest BCUT2D eigenvalue weighted by atomic mass is 10.3. The van der Waals surface area contributed by atoms with Crippen molar-refractivity contribution < 1.29 is 0 Å². The minimum atomic E-state index is 0.654. The molecule has 1 N–H and O–H groups in total. The number of pyridine rings is 2. The van der Waals surface area contributed by atoms with Gasteiger partial charge in [-0.05, 0) is 30.3 Å². The van der Waals surface area contributed by atoms with Crippen LogP contribution in [0.1, 0.15) is 5.69 Å². The summed E-state index contributed by atoms with van der Waals surface area (Å²) in [6.07, 6.45) is 7.14.